The van der Waals surface area contributed by atoms with E-state index in [0.717, 1.165) is 11.4 Å². The lowest BCUT2D eigenvalue weighted by Gasteiger charge is -2.13. The molecular weight excluding hydrogens is 607 g/mol. The van der Waals surface area contributed by atoms with Crippen LogP contribution in [0.2, 0.25) is 0 Å². The smallest absolute Gasteiger partial charge is 0.0607 e. The average molecular weight is 638 g/mol. The summed E-state index contributed by atoms with van der Waals surface area (Å²) in [5.41, 5.74) is 10.9. The molecule has 8 aromatic carbocycles. The summed E-state index contributed by atoms with van der Waals surface area (Å²) in [6.45, 7) is 2.19. The van der Waals surface area contributed by atoms with Gasteiger partial charge in [-0.3, -0.25) is 0 Å². The van der Waals surface area contributed by atoms with E-state index in [1.54, 1.807) is 0 Å². The Hall–Kier alpha value is -6.58. The van der Waals surface area contributed by atoms with Crippen molar-refractivity contribution in [3.8, 4) is 17.1 Å². The number of fused-ring (bicyclic) bond motifs is 12. The Morgan fingerprint density at radius 2 is 0.900 bits per heavy atom. The number of hydrogen-bond donors (Lipinski definition) is 0. The maximum Gasteiger partial charge on any atom is 0.0607 e. The highest BCUT2D eigenvalue weighted by molar-refractivity contribution is 6.30. The van der Waals surface area contributed by atoms with E-state index in [-0.39, 0.29) is 0 Å². The number of benzene rings is 8. The molecule has 234 valence electrons. The SMILES string of the molecule is Cc1ccccc1-n1ccc2ccc3c(ccc4c3c3c5ccccc5ccc3n4-c3ccc(-n4c5ccccc5c5ccccc54)cc3)c21. The molecule has 0 amide bonds. The molecule has 0 aliphatic heterocycles. The normalized spacial score (nSPS) is 12.1. The lowest BCUT2D eigenvalue weighted by atomic mass is 9.98. The zero-order valence-electron chi connectivity index (χ0n) is 27.5. The van der Waals surface area contributed by atoms with Gasteiger partial charge in [-0.05, 0) is 89.3 Å². The highest BCUT2D eigenvalue weighted by Crippen LogP contribution is 2.43. The first kappa shape index (κ1) is 27.4. The van der Waals surface area contributed by atoms with Crippen LogP contribution in [0.5, 0.6) is 0 Å². The second-order valence-electron chi connectivity index (χ2n) is 13.4. The Kier molecular flexibility index (Phi) is 5.59. The van der Waals surface area contributed by atoms with Gasteiger partial charge in [0.05, 0.1) is 27.6 Å². The van der Waals surface area contributed by atoms with Gasteiger partial charge in [0, 0.05) is 55.6 Å². The maximum absolute atomic E-state index is 2.46. The highest BCUT2D eigenvalue weighted by Gasteiger charge is 2.20. The van der Waals surface area contributed by atoms with E-state index in [4.69, 9.17) is 0 Å². The van der Waals surface area contributed by atoms with Crippen molar-refractivity contribution in [1.82, 2.24) is 13.7 Å². The molecule has 0 aliphatic rings. The summed E-state index contributed by atoms with van der Waals surface area (Å²) in [7, 11) is 0. The minimum atomic E-state index is 1.15. The van der Waals surface area contributed by atoms with Gasteiger partial charge >= 0.3 is 0 Å². The topological polar surface area (TPSA) is 14.8 Å². The monoisotopic (exact) mass is 637 g/mol. The predicted molar refractivity (Wildman–Crippen MR) is 212 cm³/mol. The fourth-order valence-electron chi connectivity index (χ4n) is 8.58. The molecule has 0 N–H and O–H groups in total. The minimum absolute atomic E-state index is 1.15. The fraction of sp³-hybridized carbons (Fsp3) is 0.0213. The molecule has 0 radical (unpaired) electrons. The predicted octanol–water partition coefficient (Wildman–Crippen LogP) is 12.4. The average Bonchev–Trinajstić information content (AvgIpc) is 3.86. The molecule has 0 spiro atoms. The minimum Gasteiger partial charge on any atom is -0.316 e. The van der Waals surface area contributed by atoms with E-state index < -0.39 is 0 Å². The molecule has 11 aromatic rings. The third-order valence-electron chi connectivity index (χ3n) is 10.8. The van der Waals surface area contributed by atoms with Gasteiger partial charge in [0.2, 0.25) is 0 Å². The number of nitrogens with zero attached hydrogens (tertiary/aromatic N) is 3. The van der Waals surface area contributed by atoms with Crippen molar-refractivity contribution >= 4 is 76.1 Å². The Morgan fingerprint density at radius 3 is 1.62 bits per heavy atom. The molecule has 0 bridgehead atoms. The first-order valence-corrected chi connectivity index (χ1v) is 17.3. The summed E-state index contributed by atoms with van der Waals surface area (Å²) in [5, 5.41) is 11.4. The van der Waals surface area contributed by atoms with E-state index in [1.165, 1.54) is 87.3 Å². The number of aryl methyl sites for hydroxylation is 1. The van der Waals surface area contributed by atoms with Crippen molar-refractivity contribution in [2.45, 2.75) is 6.92 Å². The number of aromatic nitrogens is 3. The second-order valence-corrected chi connectivity index (χ2v) is 13.4. The van der Waals surface area contributed by atoms with Crippen LogP contribution in [0.4, 0.5) is 0 Å². The van der Waals surface area contributed by atoms with Crippen molar-refractivity contribution in [2.24, 2.45) is 0 Å². The number of para-hydroxylation sites is 3. The molecule has 0 unspecified atom stereocenters. The van der Waals surface area contributed by atoms with Gasteiger partial charge in [0.15, 0.2) is 0 Å². The zero-order chi connectivity index (χ0) is 32.9. The lowest BCUT2D eigenvalue weighted by Crippen LogP contribution is -1.97. The Balaban J connectivity index is 1.20. The first-order chi connectivity index (χ1) is 24.7. The molecule has 50 heavy (non-hydrogen) atoms. The molecule has 3 heteroatoms. The van der Waals surface area contributed by atoms with Gasteiger partial charge in [0.1, 0.15) is 0 Å². The highest BCUT2D eigenvalue weighted by atomic mass is 15.0. The quantitative estimate of drug-likeness (QED) is 0.183. The molecule has 0 saturated carbocycles. The van der Waals surface area contributed by atoms with Gasteiger partial charge in [-0.1, -0.05) is 103 Å². The largest absolute Gasteiger partial charge is 0.316 e. The van der Waals surface area contributed by atoms with Crippen LogP contribution in [-0.4, -0.2) is 13.7 Å². The van der Waals surface area contributed by atoms with Crippen LogP contribution in [0.3, 0.4) is 0 Å². The second kappa shape index (κ2) is 10.2. The maximum atomic E-state index is 2.46. The number of rotatable bonds is 3. The summed E-state index contributed by atoms with van der Waals surface area (Å²) < 4.78 is 7.20. The molecule has 3 aromatic heterocycles. The third kappa shape index (κ3) is 3.69. The number of hydrogen-bond acceptors (Lipinski definition) is 0. The van der Waals surface area contributed by atoms with E-state index in [1.807, 2.05) is 0 Å². The van der Waals surface area contributed by atoms with Crippen LogP contribution in [0.15, 0.2) is 170 Å². The lowest BCUT2D eigenvalue weighted by molar-refractivity contribution is 1.11. The molecule has 0 aliphatic carbocycles. The van der Waals surface area contributed by atoms with Crippen molar-refractivity contribution < 1.29 is 0 Å². The molecular formula is C47H31N3. The van der Waals surface area contributed by atoms with E-state index in [2.05, 4.69) is 191 Å². The van der Waals surface area contributed by atoms with Crippen LogP contribution >= 0.6 is 0 Å². The standard InChI is InChI=1S/C47H31N3/c1-30-10-2-7-15-40(30)48-29-28-32-18-24-38-39(47(32)48)25-27-44-46(38)45-35-12-4-3-11-31(35)19-26-43(45)50(44)34-22-20-33(21-23-34)49-41-16-8-5-13-36(41)37-14-6-9-17-42(37)49/h2-29H,1H3. The summed E-state index contributed by atoms with van der Waals surface area (Å²) in [6.07, 6.45) is 2.22. The van der Waals surface area contributed by atoms with E-state index >= 15 is 0 Å². The fourth-order valence-corrected chi connectivity index (χ4v) is 8.58. The van der Waals surface area contributed by atoms with E-state index in [0.29, 0.717) is 0 Å². The summed E-state index contributed by atoms with van der Waals surface area (Å²) >= 11 is 0. The van der Waals surface area contributed by atoms with Crippen LogP contribution in [0.25, 0.3) is 93.1 Å². The van der Waals surface area contributed by atoms with Gasteiger partial charge < -0.3 is 13.7 Å². The molecule has 3 nitrogen and oxygen atoms in total. The van der Waals surface area contributed by atoms with Crippen LogP contribution in [0, 0.1) is 6.92 Å². The van der Waals surface area contributed by atoms with Gasteiger partial charge in [-0.15, -0.1) is 0 Å². The van der Waals surface area contributed by atoms with Crippen molar-refractivity contribution in [1.29, 1.82) is 0 Å². The molecule has 11 rings (SSSR count). The molecule has 0 atom stereocenters. The van der Waals surface area contributed by atoms with Crippen LogP contribution < -0.4 is 0 Å². The summed E-state index contributed by atoms with van der Waals surface area (Å²) in [5.74, 6) is 0. The van der Waals surface area contributed by atoms with Crippen molar-refractivity contribution in [3.63, 3.8) is 0 Å². The van der Waals surface area contributed by atoms with Crippen LogP contribution in [0.1, 0.15) is 5.56 Å². The Morgan fingerprint density at radius 1 is 0.360 bits per heavy atom. The van der Waals surface area contributed by atoms with E-state index in [9.17, 15) is 0 Å². The first-order valence-electron chi connectivity index (χ1n) is 17.3. The zero-order valence-corrected chi connectivity index (χ0v) is 27.5. The summed E-state index contributed by atoms with van der Waals surface area (Å²) in [6, 6.07) is 60.1. The third-order valence-corrected chi connectivity index (χ3v) is 10.8. The van der Waals surface area contributed by atoms with Crippen LogP contribution in [-0.2, 0) is 0 Å². The molecule has 0 fully saturated rings. The van der Waals surface area contributed by atoms with Crippen molar-refractivity contribution in [3.05, 3.63) is 176 Å². The molecule has 0 saturated heterocycles. The van der Waals surface area contributed by atoms with Crippen molar-refractivity contribution in [2.75, 3.05) is 0 Å². The molecule has 3 heterocycles. The van der Waals surface area contributed by atoms with Gasteiger partial charge in [0.25, 0.3) is 0 Å². The Bertz CT molecular complexity index is 3100. The van der Waals surface area contributed by atoms with Gasteiger partial charge in [-0.25, -0.2) is 0 Å². The van der Waals surface area contributed by atoms with Gasteiger partial charge in [-0.2, -0.15) is 0 Å². The Labute approximate surface area is 288 Å². The summed E-state index contributed by atoms with van der Waals surface area (Å²) in [4.78, 5) is 0.